The van der Waals surface area contributed by atoms with Crippen LogP contribution in [0.1, 0.15) is 70.3 Å². The molecule has 4 aromatic carbocycles. The van der Waals surface area contributed by atoms with Crippen molar-refractivity contribution >= 4 is 17.5 Å². The molecular weight excluding hydrogens is 674 g/mol. The molecule has 2 aliphatic rings. The summed E-state index contributed by atoms with van der Waals surface area (Å²) in [5.41, 5.74) is 6.46. The molecule has 7 rings (SSSR count). The standard InChI is InChI=1S/C43H44ClN3O5/c1-29-39(27-47-22-19-43(50,20-23-47)37-15-17-38(44)18-16-37)51-42(52-40(29)33-9-7-30(28-48)8-10-33)34-13-11-32(12-14-34)35-5-2-4-31(24-35)25-46-41(49)36-6-3-21-45-26-36/h2-18,21,24,26,29,39-40,42,48,50H,19-20,22-23,25,27-28H2,1H3,(H,46,49)/t29-,39+,40+,42+/m0/s1. The average molecular weight is 718 g/mol. The second-order valence-corrected chi connectivity index (χ2v) is 14.3. The van der Waals surface area contributed by atoms with E-state index in [-0.39, 0.29) is 30.6 Å². The summed E-state index contributed by atoms with van der Waals surface area (Å²) >= 11 is 6.11. The lowest BCUT2D eigenvalue weighted by atomic mass is 9.84. The van der Waals surface area contributed by atoms with Gasteiger partial charge in [0.1, 0.15) is 0 Å². The van der Waals surface area contributed by atoms with Crippen LogP contribution in [-0.2, 0) is 28.2 Å². The molecule has 9 heteroatoms. The van der Waals surface area contributed by atoms with Gasteiger partial charge < -0.3 is 29.9 Å². The molecule has 0 aliphatic carbocycles. The SMILES string of the molecule is C[C@H]1[C@@H](CN2CCC(O)(c3ccc(Cl)cc3)CC2)O[C@@H](c2ccc(-c3cccc(CNC(=O)c4cccnc4)c3)cc2)O[C@H]1c1ccc(CO)cc1. The van der Waals surface area contributed by atoms with E-state index in [2.05, 4.69) is 58.5 Å². The number of piperidine rings is 1. The number of halogens is 1. The Morgan fingerprint density at radius 1 is 0.885 bits per heavy atom. The van der Waals surface area contributed by atoms with Crippen molar-refractivity contribution in [3.63, 3.8) is 0 Å². The Morgan fingerprint density at radius 3 is 2.31 bits per heavy atom. The largest absolute Gasteiger partial charge is 0.392 e. The smallest absolute Gasteiger partial charge is 0.253 e. The van der Waals surface area contributed by atoms with Gasteiger partial charge in [0.2, 0.25) is 0 Å². The lowest BCUT2D eigenvalue weighted by molar-refractivity contribution is -0.277. The lowest BCUT2D eigenvalue weighted by Gasteiger charge is -2.45. The maximum Gasteiger partial charge on any atom is 0.253 e. The molecule has 2 aliphatic heterocycles. The number of nitrogens with zero attached hydrogens (tertiary/aromatic N) is 2. The zero-order chi connectivity index (χ0) is 36.1. The first-order valence-corrected chi connectivity index (χ1v) is 18.2. The lowest BCUT2D eigenvalue weighted by Crippen LogP contribution is -2.49. The molecule has 0 unspecified atom stereocenters. The van der Waals surface area contributed by atoms with E-state index in [0.29, 0.717) is 36.5 Å². The highest BCUT2D eigenvalue weighted by atomic mass is 35.5. The van der Waals surface area contributed by atoms with E-state index in [1.807, 2.05) is 60.7 Å². The molecule has 4 atom stereocenters. The van der Waals surface area contributed by atoms with Crippen LogP contribution in [0.3, 0.4) is 0 Å². The molecule has 3 N–H and O–H groups in total. The van der Waals surface area contributed by atoms with Gasteiger partial charge in [-0.25, -0.2) is 0 Å². The van der Waals surface area contributed by atoms with Gasteiger partial charge in [0, 0.05) is 55.1 Å². The quantitative estimate of drug-likeness (QED) is 0.137. The average Bonchev–Trinajstić information content (AvgIpc) is 3.19. The first kappa shape index (κ1) is 36.0. The third-order valence-corrected chi connectivity index (χ3v) is 10.7. The molecule has 3 heterocycles. The van der Waals surface area contributed by atoms with Crippen LogP contribution >= 0.6 is 11.6 Å². The third kappa shape index (κ3) is 8.29. The first-order chi connectivity index (χ1) is 25.3. The van der Waals surface area contributed by atoms with E-state index < -0.39 is 11.9 Å². The fourth-order valence-electron chi connectivity index (χ4n) is 7.21. The molecule has 2 fully saturated rings. The Morgan fingerprint density at radius 2 is 1.62 bits per heavy atom. The molecule has 0 radical (unpaired) electrons. The van der Waals surface area contributed by atoms with E-state index in [0.717, 1.165) is 52.0 Å². The van der Waals surface area contributed by atoms with Crippen LogP contribution in [-0.4, -0.2) is 51.7 Å². The van der Waals surface area contributed by atoms with Crippen molar-refractivity contribution in [1.82, 2.24) is 15.2 Å². The monoisotopic (exact) mass is 717 g/mol. The molecular formula is C43H44ClN3O5. The summed E-state index contributed by atoms with van der Waals surface area (Å²) in [6.45, 7) is 4.77. The molecule has 1 aromatic heterocycles. The highest BCUT2D eigenvalue weighted by Gasteiger charge is 2.41. The molecule has 0 bridgehead atoms. The molecule has 268 valence electrons. The Kier molecular flexibility index (Phi) is 11.1. The number of hydrogen-bond donors (Lipinski definition) is 3. The predicted molar refractivity (Wildman–Crippen MR) is 201 cm³/mol. The minimum absolute atomic E-state index is 0.0116. The maximum atomic E-state index is 12.5. The van der Waals surface area contributed by atoms with Crippen molar-refractivity contribution in [2.45, 2.75) is 57.0 Å². The summed E-state index contributed by atoms with van der Waals surface area (Å²) in [4.78, 5) is 19.0. The number of aliphatic hydroxyl groups is 2. The number of amides is 1. The molecule has 2 saturated heterocycles. The van der Waals surface area contributed by atoms with E-state index in [9.17, 15) is 15.0 Å². The summed E-state index contributed by atoms with van der Waals surface area (Å²) in [6, 6.07) is 35.4. The topological polar surface area (TPSA) is 104 Å². The van der Waals surface area contributed by atoms with Gasteiger partial charge in [-0.1, -0.05) is 97.4 Å². The zero-order valence-corrected chi connectivity index (χ0v) is 30.0. The highest BCUT2D eigenvalue weighted by molar-refractivity contribution is 6.30. The van der Waals surface area contributed by atoms with Gasteiger partial charge in [-0.15, -0.1) is 0 Å². The number of likely N-dealkylation sites (tertiary alicyclic amines) is 1. The zero-order valence-electron chi connectivity index (χ0n) is 29.2. The van der Waals surface area contributed by atoms with Crippen LogP contribution in [0.5, 0.6) is 0 Å². The van der Waals surface area contributed by atoms with Gasteiger partial charge in [-0.05, 0) is 76.6 Å². The fraction of sp³-hybridized carbons (Fsp3) is 0.302. The minimum atomic E-state index is -0.877. The van der Waals surface area contributed by atoms with Crippen molar-refractivity contribution in [2.75, 3.05) is 19.6 Å². The van der Waals surface area contributed by atoms with Gasteiger partial charge >= 0.3 is 0 Å². The molecule has 52 heavy (non-hydrogen) atoms. The van der Waals surface area contributed by atoms with Crippen molar-refractivity contribution in [3.05, 3.63) is 160 Å². The number of aliphatic hydroxyl groups excluding tert-OH is 1. The van der Waals surface area contributed by atoms with Crippen molar-refractivity contribution in [3.8, 4) is 11.1 Å². The summed E-state index contributed by atoms with van der Waals surface area (Å²) in [7, 11) is 0. The second-order valence-electron chi connectivity index (χ2n) is 13.9. The summed E-state index contributed by atoms with van der Waals surface area (Å²) < 4.78 is 13.5. The van der Waals surface area contributed by atoms with Crippen LogP contribution in [0, 0.1) is 5.92 Å². The van der Waals surface area contributed by atoms with Crippen molar-refractivity contribution in [2.24, 2.45) is 5.92 Å². The Bertz CT molecular complexity index is 1930. The Balaban J connectivity index is 1.05. The highest BCUT2D eigenvalue weighted by Crippen LogP contribution is 2.43. The third-order valence-electron chi connectivity index (χ3n) is 10.4. The van der Waals surface area contributed by atoms with Crippen molar-refractivity contribution in [1.29, 1.82) is 0 Å². The second kappa shape index (κ2) is 16.1. The van der Waals surface area contributed by atoms with Crippen LogP contribution in [0.4, 0.5) is 0 Å². The number of pyridine rings is 1. The first-order valence-electron chi connectivity index (χ1n) is 17.9. The molecule has 0 spiro atoms. The van der Waals surface area contributed by atoms with Crippen LogP contribution < -0.4 is 5.32 Å². The molecule has 8 nitrogen and oxygen atoms in total. The molecule has 5 aromatic rings. The van der Waals surface area contributed by atoms with E-state index in [4.69, 9.17) is 21.1 Å². The van der Waals surface area contributed by atoms with Crippen LogP contribution in [0.25, 0.3) is 11.1 Å². The minimum Gasteiger partial charge on any atom is -0.392 e. The van der Waals surface area contributed by atoms with Gasteiger partial charge in [0.15, 0.2) is 6.29 Å². The summed E-state index contributed by atoms with van der Waals surface area (Å²) in [5, 5.41) is 24.8. The number of nitrogens with one attached hydrogen (secondary N) is 1. The van der Waals surface area contributed by atoms with Crippen LogP contribution in [0.15, 0.2) is 122 Å². The Hall–Kier alpha value is -4.41. The van der Waals surface area contributed by atoms with Gasteiger partial charge in [-0.2, -0.15) is 0 Å². The fourth-order valence-corrected chi connectivity index (χ4v) is 7.34. The van der Waals surface area contributed by atoms with Gasteiger partial charge in [-0.3, -0.25) is 9.78 Å². The number of carbonyl (C=O) groups excluding carboxylic acids is 1. The van der Waals surface area contributed by atoms with E-state index in [1.165, 1.54) is 0 Å². The molecule has 0 saturated carbocycles. The van der Waals surface area contributed by atoms with E-state index in [1.54, 1.807) is 24.5 Å². The normalized spacial score (nSPS) is 21.8. The van der Waals surface area contributed by atoms with E-state index >= 15 is 0 Å². The summed E-state index contributed by atoms with van der Waals surface area (Å²) in [6.07, 6.45) is 3.53. The Labute approximate surface area is 310 Å². The van der Waals surface area contributed by atoms with Gasteiger partial charge in [0.05, 0.1) is 30.0 Å². The number of aromatic nitrogens is 1. The van der Waals surface area contributed by atoms with Crippen molar-refractivity contribution < 1.29 is 24.5 Å². The number of benzene rings is 4. The molecule has 1 amide bonds. The maximum absolute atomic E-state index is 12.5. The number of carbonyl (C=O) groups is 1. The predicted octanol–water partition coefficient (Wildman–Crippen LogP) is 7.60. The summed E-state index contributed by atoms with van der Waals surface area (Å²) in [5.74, 6) is -0.112. The number of ether oxygens (including phenoxy) is 2. The number of hydrogen-bond acceptors (Lipinski definition) is 7. The van der Waals surface area contributed by atoms with Crippen LogP contribution in [0.2, 0.25) is 5.02 Å². The van der Waals surface area contributed by atoms with Gasteiger partial charge in [0.25, 0.3) is 5.91 Å². The number of rotatable bonds is 10.